The number of aromatic amines is 1. The van der Waals surface area contributed by atoms with Gasteiger partial charge in [0.05, 0.1) is 18.5 Å². The predicted octanol–water partition coefficient (Wildman–Crippen LogP) is -5.94. The second-order valence-electron chi connectivity index (χ2n) is 16.7. The zero-order valence-electron chi connectivity index (χ0n) is 39.5. The number of unbranched alkanes of at least 4 members (excludes halogenated alkanes) is 1. The number of likely N-dealkylation sites (tertiary alicyclic amines) is 1. The molecule has 2 heterocycles. The second-order valence-corrected chi connectivity index (χ2v) is 17.4. The van der Waals surface area contributed by atoms with Gasteiger partial charge in [0.2, 0.25) is 47.3 Å². The van der Waals surface area contributed by atoms with Crippen molar-refractivity contribution in [2.45, 2.75) is 139 Å². The third-order valence-corrected chi connectivity index (χ3v) is 11.8. The Hall–Kier alpha value is -6.24. The number of hydrogen-bond donors (Lipinski definition) is 17. The molecule has 1 aromatic heterocycles. The monoisotopic (exact) mass is 1040 g/mol. The van der Waals surface area contributed by atoms with Gasteiger partial charge in [0.15, 0.2) is 5.96 Å². The summed E-state index contributed by atoms with van der Waals surface area (Å²) in [6.07, 6.45) is 1.23. The lowest BCUT2D eigenvalue weighted by Crippen LogP contribution is -2.61. The molecule has 0 spiro atoms. The molecule has 1 aliphatic heterocycles. The molecule has 1 aliphatic rings. The van der Waals surface area contributed by atoms with Gasteiger partial charge in [-0.3, -0.25) is 48.1 Å². The Kier molecular flexibility index (Phi) is 26.7. The van der Waals surface area contributed by atoms with E-state index in [9.17, 15) is 63.3 Å². The van der Waals surface area contributed by atoms with Crippen molar-refractivity contribution < 1.29 is 63.3 Å². The van der Waals surface area contributed by atoms with Gasteiger partial charge in [-0.1, -0.05) is 0 Å². The highest BCUT2D eigenvalue weighted by Gasteiger charge is 2.41. The number of carbonyl (C=O) groups excluding carboxylic acids is 8. The van der Waals surface area contributed by atoms with E-state index in [1.165, 1.54) is 26.4 Å². The molecule has 2 rings (SSSR count). The molecule has 0 bridgehead atoms. The summed E-state index contributed by atoms with van der Waals surface area (Å²) in [6.45, 7) is 2.72. The first-order valence-electron chi connectivity index (χ1n) is 22.8. The van der Waals surface area contributed by atoms with Crippen LogP contribution in [0.2, 0.25) is 0 Å². The Morgan fingerprint density at radius 1 is 0.775 bits per heavy atom. The van der Waals surface area contributed by atoms with Gasteiger partial charge >= 0.3 is 11.9 Å². The minimum Gasteiger partial charge on any atom is -0.481 e. The van der Waals surface area contributed by atoms with Crippen LogP contribution in [0.3, 0.4) is 0 Å². The van der Waals surface area contributed by atoms with Crippen molar-refractivity contribution in [3.8, 4) is 0 Å². The first-order chi connectivity index (χ1) is 33.5. The second kappa shape index (κ2) is 31.2. The third kappa shape index (κ3) is 20.9. The quantitative estimate of drug-likeness (QED) is 0.0138. The van der Waals surface area contributed by atoms with Gasteiger partial charge in [-0.25, -0.2) is 9.78 Å². The first-order valence-corrected chi connectivity index (χ1v) is 24.1. The Labute approximate surface area is 420 Å². The van der Waals surface area contributed by atoms with Crippen LogP contribution in [0.25, 0.3) is 0 Å². The number of aliphatic imine (C=N–C) groups is 1. The van der Waals surface area contributed by atoms with E-state index in [0.717, 1.165) is 4.90 Å². The van der Waals surface area contributed by atoms with E-state index >= 15 is 0 Å². The van der Waals surface area contributed by atoms with Crippen LogP contribution >= 0.6 is 25.3 Å². The fourth-order valence-corrected chi connectivity index (χ4v) is 7.49. The molecular weight excluding hydrogens is 975 g/mol. The van der Waals surface area contributed by atoms with Gasteiger partial charge in [-0.2, -0.15) is 25.3 Å². The number of nitrogens with zero attached hydrogens (tertiary/aromatic N) is 3. The van der Waals surface area contributed by atoms with Crippen LogP contribution < -0.4 is 60.2 Å². The average molecular weight is 1040 g/mol. The van der Waals surface area contributed by atoms with E-state index in [1.54, 1.807) is 0 Å². The third-order valence-electron chi connectivity index (χ3n) is 11.0. The minimum atomic E-state index is -1.74. The average Bonchev–Trinajstić information content (AvgIpc) is 4.03. The molecule has 0 radical (unpaired) electrons. The van der Waals surface area contributed by atoms with Crippen LogP contribution in [0.1, 0.15) is 77.3 Å². The van der Waals surface area contributed by atoms with Gasteiger partial charge in [0.25, 0.3) is 0 Å². The summed E-state index contributed by atoms with van der Waals surface area (Å²) in [4.78, 5) is 143. The summed E-state index contributed by atoms with van der Waals surface area (Å²) in [5, 5.41) is 46.9. The van der Waals surface area contributed by atoms with Crippen LogP contribution in [-0.4, -0.2) is 187 Å². The van der Waals surface area contributed by atoms with E-state index in [1.807, 2.05) is 0 Å². The molecule has 1 aromatic rings. The topological polar surface area (TPSA) is 464 Å². The van der Waals surface area contributed by atoms with Crippen molar-refractivity contribution in [3.63, 3.8) is 0 Å². The number of aliphatic hydroxyl groups is 1. The number of nitrogens with one attached hydrogen (secondary N) is 8. The van der Waals surface area contributed by atoms with Gasteiger partial charge in [0.1, 0.15) is 48.3 Å². The van der Waals surface area contributed by atoms with Crippen molar-refractivity contribution in [1.29, 1.82) is 0 Å². The molecule has 0 aliphatic carbocycles. The molecule has 30 heteroatoms. The van der Waals surface area contributed by atoms with Crippen molar-refractivity contribution in [3.05, 3.63) is 18.2 Å². The highest BCUT2D eigenvalue weighted by Crippen LogP contribution is 2.21. The van der Waals surface area contributed by atoms with E-state index in [0.29, 0.717) is 25.1 Å². The summed E-state index contributed by atoms with van der Waals surface area (Å²) in [5.41, 5.74) is 22.7. The van der Waals surface area contributed by atoms with Crippen LogP contribution in [-0.2, 0) is 54.4 Å². The van der Waals surface area contributed by atoms with Crippen molar-refractivity contribution >= 4 is 90.4 Å². The number of aromatic nitrogens is 2. The van der Waals surface area contributed by atoms with E-state index in [-0.39, 0.29) is 69.1 Å². The summed E-state index contributed by atoms with van der Waals surface area (Å²) < 4.78 is 0. The Bertz CT molecular complexity index is 2010. The van der Waals surface area contributed by atoms with Crippen LogP contribution in [0, 0.1) is 0 Å². The van der Waals surface area contributed by atoms with E-state index in [4.69, 9.17) is 22.9 Å². The lowest BCUT2D eigenvalue weighted by atomic mass is 10.0. The molecule has 398 valence electrons. The number of amides is 8. The maximum atomic E-state index is 14.1. The summed E-state index contributed by atoms with van der Waals surface area (Å²) in [5.74, 6) is -10.2. The smallest absolute Gasteiger partial charge is 0.327 e. The van der Waals surface area contributed by atoms with Crippen LogP contribution in [0.15, 0.2) is 17.5 Å². The van der Waals surface area contributed by atoms with Gasteiger partial charge in [-0.05, 0) is 71.8 Å². The van der Waals surface area contributed by atoms with E-state index < -0.39 is 133 Å². The molecule has 1 saturated heterocycles. The van der Waals surface area contributed by atoms with Crippen LogP contribution in [0.4, 0.5) is 0 Å². The summed E-state index contributed by atoms with van der Waals surface area (Å²) >= 11 is 7.97. The molecule has 28 nitrogen and oxygen atoms in total. The van der Waals surface area contributed by atoms with Crippen molar-refractivity contribution in [2.24, 2.45) is 27.9 Å². The molecule has 19 N–H and O–H groups in total. The number of guanidine groups is 1. The maximum absolute atomic E-state index is 14.1. The number of nitrogens with two attached hydrogens (primary N) is 4. The lowest BCUT2D eigenvalue weighted by Gasteiger charge is -2.31. The number of hydrogen-bond acceptors (Lipinski definition) is 17. The Morgan fingerprint density at radius 3 is 1.93 bits per heavy atom. The highest BCUT2D eigenvalue weighted by atomic mass is 32.1. The molecule has 0 saturated carbocycles. The largest absolute Gasteiger partial charge is 0.481 e. The fourth-order valence-electron chi connectivity index (χ4n) is 7.07. The van der Waals surface area contributed by atoms with Crippen LogP contribution in [0.5, 0.6) is 0 Å². The number of H-pyrrole nitrogens is 1. The number of aliphatic carboxylic acids is 2. The molecular formula is C41H69N15O13S2. The lowest BCUT2D eigenvalue weighted by molar-refractivity contribution is -0.144. The number of carboxylic acids is 2. The zero-order chi connectivity index (χ0) is 53.4. The highest BCUT2D eigenvalue weighted by molar-refractivity contribution is 7.80. The summed E-state index contributed by atoms with van der Waals surface area (Å²) in [7, 11) is 0. The molecule has 1 fully saturated rings. The van der Waals surface area contributed by atoms with Gasteiger partial charge in [0, 0.05) is 49.3 Å². The normalized spacial score (nSPS) is 17.0. The van der Waals surface area contributed by atoms with Crippen molar-refractivity contribution in [1.82, 2.24) is 52.1 Å². The van der Waals surface area contributed by atoms with E-state index in [2.05, 4.69) is 77.4 Å². The molecule has 0 unspecified atom stereocenters. The number of carbonyl (C=O) groups is 10. The maximum Gasteiger partial charge on any atom is 0.327 e. The molecule has 0 aromatic carbocycles. The standard InChI is InChI=1S/C41H69N15O13S2/c1-20(32(60)53-27(15-22-16-46-19-48-22)36(64)54-28(18-71)40(68)69)49-34(62)25(8-5-13-47-41(44)45)51-38(66)31(21(2)57)55-37(65)29-9-6-14-56(29)39(67)26(10-11-30(58)59)52-35(63)24(7-3-4-12-42)50-33(61)23(43)17-70/h16,19-21,23-29,31,57,70-71H,3-15,17-18,42-43H2,1-2H3,(H,46,48)(H,49,62)(H,50,61)(H,51,66)(H,52,63)(H,53,60)(H,54,64)(H,55,65)(H,58,59)(H,68,69)(H4,44,45,47)/t20-,21+,23-,24-,25-,26-,27-,28-,29-,31-/m0/s1. The number of imidazole rings is 1. The Balaban J connectivity index is 2.32. The van der Waals surface area contributed by atoms with Gasteiger partial charge in [-0.15, -0.1) is 0 Å². The molecule has 10 atom stereocenters. The van der Waals surface area contributed by atoms with Crippen molar-refractivity contribution in [2.75, 3.05) is 31.1 Å². The Morgan fingerprint density at radius 2 is 1.37 bits per heavy atom. The number of rotatable bonds is 32. The molecule has 8 amide bonds. The fraction of sp³-hybridized carbons (Fsp3) is 0.659. The number of thiol groups is 2. The van der Waals surface area contributed by atoms with Gasteiger partial charge < -0.3 is 85.4 Å². The summed E-state index contributed by atoms with van der Waals surface area (Å²) in [6, 6.07) is -12.4. The zero-order valence-corrected chi connectivity index (χ0v) is 41.3. The molecule has 71 heavy (non-hydrogen) atoms. The number of carboxylic acid groups (broad SMARTS) is 2. The predicted molar refractivity (Wildman–Crippen MR) is 261 cm³/mol. The first kappa shape index (κ1) is 60.9. The SMILES string of the molecule is C[C@H](NC(=O)[C@H](CCCN=C(N)N)NC(=O)[C@@H](NC(=O)[C@@H]1CCCN1C(=O)[C@H](CCC(=O)O)NC(=O)[C@H](CCCCN)NC(=O)[C@@H](N)CS)[C@@H](C)O)C(=O)N[C@@H](Cc1cnc[nH]1)C(=O)N[C@@H](CS)C(=O)O. The minimum absolute atomic E-state index is 0.00410. The number of aliphatic hydroxyl groups excluding tert-OH is 1.